The summed E-state index contributed by atoms with van der Waals surface area (Å²) in [6.45, 7) is 0.397. The molecule has 1 aliphatic heterocycles. The molecule has 1 saturated heterocycles. The molecule has 6 nitrogen and oxygen atoms in total. The predicted octanol–water partition coefficient (Wildman–Crippen LogP) is 2.10. The normalized spacial score (nSPS) is 21.1. The van der Waals surface area contributed by atoms with Crippen LogP contribution in [0.4, 0.5) is 0 Å². The van der Waals surface area contributed by atoms with Crippen LogP contribution in [0.25, 0.3) is 0 Å². The second-order valence-electron chi connectivity index (χ2n) is 4.77. The number of benzene rings is 1. The maximum Gasteiger partial charge on any atom is 0.307 e. The van der Waals surface area contributed by atoms with Crippen molar-refractivity contribution in [1.29, 1.82) is 0 Å². The molecular formula is C14H18ClNO5. The molecule has 1 aromatic carbocycles. The van der Waals surface area contributed by atoms with Crippen molar-refractivity contribution in [3.63, 3.8) is 0 Å². The first kappa shape index (κ1) is 15.7. The summed E-state index contributed by atoms with van der Waals surface area (Å²) in [5.74, 6) is 0.116. The van der Waals surface area contributed by atoms with Crippen LogP contribution < -0.4 is 19.5 Å². The monoisotopic (exact) mass is 315 g/mol. The minimum atomic E-state index is -0.819. The Bertz CT molecular complexity index is 549. The topological polar surface area (TPSA) is 77.0 Å². The number of hydrogen-bond donors (Lipinski definition) is 2. The van der Waals surface area contributed by atoms with E-state index in [2.05, 4.69) is 5.32 Å². The minimum absolute atomic E-state index is 0.201. The molecule has 2 N–H and O–H groups in total. The third-order valence-corrected chi connectivity index (χ3v) is 3.96. The van der Waals surface area contributed by atoms with Gasteiger partial charge in [-0.3, -0.25) is 4.79 Å². The van der Waals surface area contributed by atoms with Gasteiger partial charge >= 0.3 is 5.97 Å². The predicted molar refractivity (Wildman–Crippen MR) is 77.6 cm³/mol. The van der Waals surface area contributed by atoms with Gasteiger partial charge in [0.25, 0.3) is 0 Å². The average Bonchev–Trinajstić information content (AvgIpc) is 2.95. The van der Waals surface area contributed by atoms with Crippen molar-refractivity contribution >= 4 is 17.6 Å². The third-order valence-electron chi connectivity index (χ3n) is 3.65. The summed E-state index contributed by atoms with van der Waals surface area (Å²) in [4.78, 5) is 11.1. The lowest BCUT2D eigenvalue weighted by Crippen LogP contribution is -2.17. The van der Waals surface area contributed by atoms with Gasteiger partial charge < -0.3 is 24.6 Å². The van der Waals surface area contributed by atoms with E-state index in [9.17, 15) is 4.79 Å². The van der Waals surface area contributed by atoms with Crippen molar-refractivity contribution in [2.45, 2.75) is 12.5 Å². The Labute approximate surface area is 127 Å². The number of carboxylic acid groups (broad SMARTS) is 1. The highest BCUT2D eigenvalue weighted by molar-refractivity contribution is 6.32. The van der Waals surface area contributed by atoms with E-state index < -0.39 is 11.9 Å². The molecule has 0 amide bonds. The first-order valence-corrected chi connectivity index (χ1v) is 6.85. The first-order chi connectivity index (χ1) is 10.0. The van der Waals surface area contributed by atoms with E-state index in [0.717, 1.165) is 0 Å². The minimum Gasteiger partial charge on any atom is -0.493 e. The Morgan fingerprint density at radius 2 is 1.95 bits per heavy atom. The molecule has 1 aromatic rings. The maximum atomic E-state index is 11.1. The number of carbonyl (C=O) groups is 1. The van der Waals surface area contributed by atoms with Gasteiger partial charge in [-0.05, 0) is 6.42 Å². The fraction of sp³-hybridized carbons (Fsp3) is 0.500. The molecule has 2 rings (SSSR count). The Morgan fingerprint density at radius 3 is 2.43 bits per heavy atom. The molecule has 0 aromatic heterocycles. The largest absolute Gasteiger partial charge is 0.493 e. The van der Waals surface area contributed by atoms with Gasteiger partial charge in [-0.1, -0.05) is 11.6 Å². The molecule has 0 aliphatic carbocycles. The Hall–Kier alpha value is -1.66. The molecule has 0 spiro atoms. The van der Waals surface area contributed by atoms with Gasteiger partial charge in [0, 0.05) is 24.2 Å². The van der Waals surface area contributed by atoms with Crippen molar-refractivity contribution < 1.29 is 24.1 Å². The lowest BCUT2D eigenvalue weighted by atomic mass is 9.98. The van der Waals surface area contributed by atoms with E-state index in [-0.39, 0.29) is 6.04 Å². The lowest BCUT2D eigenvalue weighted by molar-refractivity contribution is -0.141. The van der Waals surface area contributed by atoms with Crippen LogP contribution in [-0.2, 0) is 4.79 Å². The smallest absolute Gasteiger partial charge is 0.307 e. The highest BCUT2D eigenvalue weighted by Crippen LogP contribution is 2.48. The van der Waals surface area contributed by atoms with Gasteiger partial charge in [-0.2, -0.15) is 0 Å². The van der Waals surface area contributed by atoms with Crippen molar-refractivity contribution in [2.24, 2.45) is 5.92 Å². The third kappa shape index (κ3) is 2.87. The molecule has 7 heteroatoms. The van der Waals surface area contributed by atoms with Crippen LogP contribution in [0.15, 0.2) is 6.07 Å². The highest BCUT2D eigenvalue weighted by atomic mass is 35.5. The summed E-state index contributed by atoms with van der Waals surface area (Å²) in [7, 11) is 4.54. The number of carboxylic acids is 1. The van der Waals surface area contributed by atoms with Crippen LogP contribution in [0.5, 0.6) is 17.2 Å². The Kier molecular flexibility index (Phi) is 4.80. The van der Waals surface area contributed by atoms with Crippen LogP contribution in [-0.4, -0.2) is 38.9 Å². The molecule has 2 atom stereocenters. The lowest BCUT2D eigenvalue weighted by Gasteiger charge is -2.21. The molecule has 116 valence electrons. The average molecular weight is 316 g/mol. The highest BCUT2D eigenvalue weighted by Gasteiger charge is 2.34. The zero-order chi connectivity index (χ0) is 15.6. The van der Waals surface area contributed by atoms with Gasteiger partial charge in [-0.25, -0.2) is 0 Å². The van der Waals surface area contributed by atoms with Crippen LogP contribution in [0.2, 0.25) is 5.02 Å². The second kappa shape index (κ2) is 6.41. The van der Waals surface area contributed by atoms with E-state index in [4.69, 9.17) is 30.9 Å². The summed E-state index contributed by atoms with van der Waals surface area (Å²) in [5, 5.41) is 12.7. The summed E-state index contributed by atoms with van der Waals surface area (Å²) >= 11 is 6.33. The molecule has 0 bridgehead atoms. The van der Waals surface area contributed by atoms with Gasteiger partial charge in [0.1, 0.15) is 0 Å². The van der Waals surface area contributed by atoms with Crippen molar-refractivity contribution in [3.05, 3.63) is 16.7 Å². The molecular weight excluding hydrogens is 298 g/mol. The van der Waals surface area contributed by atoms with Crippen LogP contribution in [0.1, 0.15) is 18.0 Å². The van der Waals surface area contributed by atoms with Gasteiger partial charge in [0.2, 0.25) is 5.75 Å². The first-order valence-electron chi connectivity index (χ1n) is 6.48. The van der Waals surface area contributed by atoms with E-state index >= 15 is 0 Å². The van der Waals surface area contributed by atoms with Crippen molar-refractivity contribution in [1.82, 2.24) is 5.32 Å². The number of hydrogen-bond acceptors (Lipinski definition) is 5. The second-order valence-corrected chi connectivity index (χ2v) is 5.18. The van der Waals surface area contributed by atoms with Crippen LogP contribution in [0.3, 0.4) is 0 Å². The van der Waals surface area contributed by atoms with Crippen LogP contribution >= 0.6 is 11.6 Å². The summed E-state index contributed by atoms with van der Waals surface area (Å²) in [6.07, 6.45) is 0.445. The fourth-order valence-electron chi connectivity index (χ4n) is 2.62. The zero-order valence-electron chi connectivity index (χ0n) is 12.1. The number of halogens is 1. The number of aliphatic carboxylic acids is 1. The molecule has 0 radical (unpaired) electrons. The van der Waals surface area contributed by atoms with E-state index in [0.29, 0.717) is 40.8 Å². The van der Waals surface area contributed by atoms with E-state index in [1.807, 2.05) is 0 Å². The molecule has 1 heterocycles. The van der Waals surface area contributed by atoms with Crippen molar-refractivity contribution in [2.75, 3.05) is 27.9 Å². The number of rotatable bonds is 5. The molecule has 2 unspecified atom stereocenters. The molecule has 1 fully saturated rings. The van der Waals surface area contributed by atoms with Gasteiger partial charge in [-0.15, -0.1) is 0 Å². The standard InChI is InChI=1S/C14H18ClNO5/c1-19-10-5-8(15)11(13(21-3)12(10)20-2)9-4-7(6-16-9)14(17)18/h5,7,9,16H,4,6H2,1-3H3,(H,17,18). The molecule has 21 heavy (non-hydrogen) atoms. The summed E-state index contributed by atoms with van der Waals surface area (Å²) in [6, 6.07) is 1.45. The zero-order valence-corrected chi connectivity index (χ0v) is 12.9. The summed E-state index contributed by atoms with van der Waals surface area (Å²) in [5.41, 5.74) is 0.695. The number of methoxy groups -OCH3 is 3. The summed E-state index contributed by atoms with van der Waals surface area (Å²) < 4.78 is 16.0. The van der Waals surface area contributed by atoms with Gasteiger partial charge in [0.15, 0.2) is 11.5 Å². The maximum absolute atomic E-state index is 11.1. The molecule has 1 aliphatic rings. The quantitative estimate of drug-likeness (QED) is 0.866. The van der Waals surface area contributed by atoms with Crippen LogP contribution in [0, 0.1) is 5.92 Å². The Morgan fingerprint density at radius 1 is 1.29 bits per heavy atom. The Balaban J connectivity index is 2.46. The number of nitrogens with one attached hydrogen (secondary N) is 1. The fourth-order valence-corrected chi connectivity index (χ4v) is 2.93. The SMILES string of the molecule is COc1cc(Cl)c(C2CC(C(=O)O)CN2)c(OC)c1OC. The van der Waals surface area contributed by atoms with Gasteiger partial charge in [0.05, 0.1) is 32.3 Å². The molecule has 0 saturated carbocycles. The number of ether oxygens (including phenoxy) is 3. The van der Waals surface area contributed by atoms with Crippen molar-refractivity contribution in [3.8, 4) is 17.2 Å². The van der Waals surface area contributed by atoms with E-state index in [1.165, 1.54) is 21.3 Å². The van der Waals surface area contributed by atoms with E-state index in [1.54, 1.807) is 6.07 Å².